The molecule has 274 valence electrons. The molecule has 3 saturated heterocycles. The highest BCUT2D eigenvalue weighted by atomic mass is 16.7. The first-order valence-electron chi connectivity index (χ1n) is 15.3. The van der Waals surface area contributed by atoms with Crippen LogP contribution in [0.1, 0.15) is 25.7 Å². The van der Waals surface area contributed by atoms with E-state index in [1.807, 2.05) is 0 Å². The zero-order valence-electron chi connectivity index (χ0n) is 25.8. The number of nitrogens with one attached hydrogen (secondary N) is 2. The maximum absolute atomic E-state index is 12.1. The van der Waals surface area contributed by atoms with Crippen molar-refractivity contribution in [2.75, 3.05) is 40.0 Å². The van der Waals surface area contributed by atoms with E-state index in [-0.39, 0.29) is 37.8 Å². The Morgan fingerprint density at radius 1 is 0.617 bits per heavy atom. The molecule has 20 heteroatoms. The van der Waals surface area contributed by atoms with Crippen molar-refractivity contribution in [1.82, 2.24) is 10.6 Å². The molecule has 20 nitrogen and oxygen atoms in total. The second-order valence-electron chi connectivity index (χ2n) is 11.5. The van der Waals surface area contributed by atoms with Gasteiger partial charge in [0.05, 0.1) is 26.4 Å². The molecule has 3 aliphatic rings. The molecule has 0 aromatic rings. The second-order valence-corrected chi connectivity index (χ2v) is 11.5. The molecule has 2 amide bonds. The molecule has 15 atom stereocenters. The van der Waals surface area contributed by atoms with Crippen LogP contribution in [-0.2, 0) is 38.0 Å². The van der Waals surface area contributed by atoms with E-state index in [1.54, 1.807) is 0 Å². The van der Waals surface area contributed by atoms with Gasteiger partial charge >= 0.3 is 0 Å². The quantitative estimate of drug-likeness (QED) is 0.0670. The van der Waals surface area contributed by atoms with Crippen molar-refractivity contribution in [2.24, 2.45) is 0 Å². The summed E-state index contributed by atoms with van der Waals surface area (Å²) in [5.74, 6) is -0.457. The van der Waals surface area contributed by atoms with E-state index in [4.69, 9.17) is 28.4 Å². The third kappa shape index (κ3) is 10.4. The Balaban J connectivity index is 1.65. The number of hydrogen-bond acceptors (Lipinski definition) is 18. The lowest BCUT2D eigenvalue weighted by Crippen LogP contribution is -2.65. The van der Waals surface area contributed by atoms with E-state index in [1.165, 1.54) is 7.05 Å². The average Bonchev–Trinajstić information content (AvgIpc) is 3.06. The summed E-state index contributed by atoms with van der Waals surface area (Å²) in [6.45, 7) is -2.36. The number of aliphatic hydroxyl groups is 10. The molecule has 0 aromatic carbocycles. The van der Waals surface area contributed by atoms with Crippen LogP contribution in [-0.4, -0.2) is 195 Å². The van der Waals surface area contributed by atoms with Crippen LogP contribution < -0.4 is 10.6 Å². The summed E-state index contributed by atoms with van der Waals surface area (Å²) >= 11 is 0. The van der Waals surface area contributed by atoms with Gasteiger partial charge in [-0.1, -0.05) is 0 Å². The number of rotatable bonds is 16. The molecular weight excluding hydrogens is 640 g/mol. The normalized spacial score (nSPS) is 41.0. The van der Waals surface area contributed by atoms with E-state index >= 15 is 0 Å². The number of carbonyl (C=O) groups excluding carboxylic acids is 2. The fourth-order valence-corrected chi connectivity index (χ4v) is 5.22. The van der Waals surface area contributed by atoms with E-state index in [0.717, 1.165) is 0 Å². The van der Waals surface area contributed by atoms with Crippen LogP contribution in [0, 0.1) is 0 Å². The predicted octanol–water partition coefficient (Wildman–Crippen LogP) is -7.13. The van der Waals surface area contributed by atoms with Gasteiger partial charge in [-0.2, -0.15) is 0 Å². The Labute approximate surface area is 269 Å². The SMILES string of the molecule is CNC(=O)CCCCC(=O)NCCO[C@H]1O[C@H](CO[C@H]2O[C@H](CO)[C@@H](O)[C@H](O)[C@@H]2O)[C@@H](O)[C@H](O[C@H]2O[C@H](CO)[C@@H](O)[C@H](O)[C@@H]2O)[C@@H]1O. The van der Waals surface area contributed by atoms with Crippen LogP contribution in [0.5, 0.6) is 0 Å². The minimum absolute atomic E-state index is 0.0340. The molecule has 0 unspecified atom stereocenters. The van der Waals surface area contributed by atoms with Crippen LogP contribution in [0.2, 0.25) is 0 Å². The van der Waals surface area contributed by atoms with Crippen molar-refractivity contribution >= 4 is 11.8 Å². The molecule has 3 heterocycles. The largest absolute Gasteiger partial charge is 0.394 e. The van der Waals surface area contributed by atoms with Crippen LogP contribution in [0.25, 0.3) is 0 Å². The van der Waals surface area contributed by atoms with Gasteiger partial charge in [0.25, 0.3) is 0 Å². The zero-order chi connectivity index (χ0) is 34.8. The van der Waals surface area contributed by atoms with Crippen molar-refractivity contribution in [3.63, 3.8) is 0 Å². The highest BCUT2D eigenvalue weighted by molar-refractivity contribution is 5.76. The van der Waals surface area contributed by atoms with Crippen LogP contribution in [0.15, 0.2) is 0 Å². The fraction of sp³-hybridized carbons (Fsp3) is 0.926. The maximum atomic E-state index is 12.1. The number of carbonyl (C=O) groups is 2. The summed E-state index contributed by atoms with van der Waals surface area (Å²) in [5.41, 5.74) is 0. The first kappa shape index (κ1) is 39.7. The lowest BCUT2D eigenvalue weighted by Gasteiger charge is -2.46. The van der Waals surface area contributed by atoms with Crippen molar-refractivity contribution in [2.45, 2.75) is 118 Å². The van der Waals surface area contributed by atoms with Gasteiger partial charge in [-0.25, -0.2) is 0 Å². The Bertz CT molecular complexity index is 963. The molecule has 47 heavy (non-hydrogen) atoms. The summed E-state index contributed by atoms with van der Waals surface area (Å²) in [7, 11) is 1.52. The van der Waals surface area contributed by atoms with Crippen LogP contribution in [0.4, 0.5) is 0 Å². The van der Waals surface area contributed by atoms with Crippen molar-refractivity contribution < 1.29 is 89.1 Å². The predicted molar refractivity (Wildman–Crippen MR) is 151 cm³/mol. The highest BCUT2D eigenvalue weighted by Crippen LogP contribution is 2.31. The van der Waals surface area contributed by atoms with Gasteiger partial charge < -0.3 is 90.1 Å². The number of ether oxygens (including phenoxy) is 6. The van der Waals surface area contributed by atoms with Crippen molar-refractivity contribution in [3.05, 3.63) is 0 Å². The summed E-state index contributed by atoms with van der Waals surface area (Å²) in [6, 6.07) is 0. The number of unbranched alkanes of at least 4 members (excludes halogenated alkanes) is 1. The number of amides is 2. The second kappa shape index (κ2) is 18.9. The fourth-order valence-electron chi connectivity index (χ4n) is 5.22. The third-order valence-corrected chi connectivity index (χ3v) is 8.10. The van der Waals surface area contributed by atoms with E-state index < -0.39 is 112 Å². The van der Waals surface area contributed by atoms with Gasteiger partial charge in [-0.15, -0.1) is 0 Å². The lowest BCUT2D eigenvalue weighted by molar-refractivity contribution is -0.366. The summed E-state index contributed by atoms with van der Waals surface area (Å²) in [4.78, 5) is 23.4. The molecule has 0 aromatic heterocycles. The van der Waals surface area contributed by atoms with Crippen LogP contribution >= 0.6 is 0 Å². The first-order valence-corrected chi connectivity index (χ1v) is 15.3. The van der Waals surface area contributed by atoms with Gasteiger partial charge in [0.1, 0.15) is 73.2 Å². The standard InChI is InChI=1S/C27H48N2O18/c1-28-14(32)4-2-3-5-15(33)29-6-7-42-26-23(41)24(47-27-22(40)20(38)17(35)12(9-31)45-27)18(36)13(46-26)10-43-25-21(39)19(37)16(34)11(8-30)44-25/h11-13,16-27,30-31,34-41H,2-10H2,1H3,(H,28,32)(H,29,33)/t11-,12-,13-,16-,17-,18-,19+,20+,21+,22+,23+,24+,25+,26+,27-/m1/s1. The van der Waals surface area contributed by atoms with E-state index in [0.29, 0.717) is 12.8 Å². The average molecular weight is 689 g/mol. The van der Waals surface area contributed by atoms with E-state index in [2.05, 4.69) is 10.6 Å². The summed E-state index contributed by atoms with van der Waals surface area (Å²) in [6.07, 6.45) is -23.5. The summed E-state index contributed by atoms with van der Waals surface area (Å²) in [5, 5.41) is 107. The molecule has 3 rings (SSSR count). The molecule has 0 bridgehead atoms. The number of hydrogen-bond donors (Lipinski definition) is 12. The molecule has 3 fully saturated rings. The highest BCUT2D eigenvalue weighted by Gasteiger charge is 2.52. The third-order valence-electron chi connectivity index (χ3n) is 8.10. The van der Waals surface area contributed by atoms with Crippen molar-refractivity contribution in [1.29, 1.82) is 0 Å². The molecule has 0 spiro atoms. The minimum Gasteiger partial charge on any atom is -0.394 e. The summed E-state index contributed by atoms with van der Waals surface area (Å²) < 4.78 is 33.0. The van der Waals surface area contributed by atoms with Gasteiger partial charge in [0.2, 0.25) is 11.8 Å². The topological polar surface area (TPSA) is 316 Å². The minimum atomic E-state index is -1.88. The molecule has 0 radical (unpaired) electrons. The van der Waals surface area contributed by atoms with Gasteiger partial charge in [-0.3, -0.25) is 9.59 Å². The lowest BCUT2D eigenvalue weighted by atomic mass is 9.96. The molecule has 0 saturated carbocycles. The first-order chi connectivity index (χ1) is 22.3. The van der Waals surface area contributed by atoms with Crippen molar-refractivity contribution in [3.8, 4) is 0 Å². The number of aliphatic hydroxyl groups excluding tert-OH is 10. The smallest absolute Gasteiger partial charge is 0.220 e. The van der Waals surface area contributed by atoms with Gasteiger partial charge in [-0.05, 0) is 12.8 Å². The molecular formula is C27H48N2O18. The van der Waals surface area contributed by atoms with Gasteiger partial charge in [0, 0.05) is 26.4 Å². The molecule has 0 aliphatic carbocycles. The Kier molecular flexibility index (Phi) is 16.0. The van der Waals surface area contributed by atoms with Gasteiger partial charge in [0.15, 0.2) is 18.9 Å². The zero-order valence-corrected chi connectivity index (χ0v) is 25.8. The molecule has 12 N–H and O–H groups in total. The molecule has 3 aliphatic heterocycles. The monoisotopic (exact) mass is 688 g/mol. The van der Waals surface area contributed by atoms with Crippen LogP contribution in [0.3, 0.4) is 0 Å². The Hall–Kier alpha value is -1.70. The Morgan fingerprint density at radius 2 is 1.13 bits per heavy atom. The van der Waals surface area contributed by atoms with E-state index in [9.17, 15) is 60.7 Å². The maximum Gasteiger partial charge on any atom is 0.220 e. The Morgan fingerprint density at radius 3 is 1.70 bits per heavy atom.